The van der Waals surface area contributed by atoms with Crippen LogP contribution in [0.3, 0.4) is 0 Å². The number of anilines is 1. The average Bonchev–Trinajstić information content (AvgIpc) is 2.74. The Kier molecular flexibility index (Phi) is 6.91. The van der Waals surface area contributed by atoms with E-state index in [1.807, 2.05) is 60.4 Å². The van der Waals surface area contributed by atoms with Crippen LogP contribution in [0.15, 0.2) is 53.1 Å². The molecule has 0 bridgehead atoms. The van der Waals surface area contributed by atoms with Crippen molar-refractivity contribution in [1.29, 1.82) is 5.26 Å². The second-order valence-electron chi connectivity index (χ2n) is 7.01. The molecule has 2 aromatic carbocycles. The summed E-state index contributed by atoms with van der Waals surface area (Å²) >= 11 is 4.54. The number of carbonyl (C=O) groups is 1. The molecule has 1 aliphatic rings. The van der Waals surface area contributed by atoms with Gasteiger partial charge >= 0.3 is 0 Å². The quantitative estimate of drug-likeness (QED) is 0.507. The summed E-state index contributed by atoms with van der Waals surface area (Å²) < 4.78 is 11.3. The summed E-state index contributed by atoms with van der Waals surface area (Å²) in [5.74, 6) is 0.773. The van der Waals surface area contributed by atoms with Gasteiger partial charge in [0.25, 0.3) is 5.91 Å². The van der Waals surface area contributed by atoms with Crippen LogP contribution in [0.2, 0.25) is 0 Å². The molecule has 0 radical (unpaired) electrons. The second kappa shape index (κ2) is 9.59. The molecule has 0 aliphatic carbocycles. The van der Waals surface area contributed by atoms with E-state index in [0.717, 1.165) is 29.7 Å². The zero-order chi connectivity index (χ0) is 21.7. The van der Waals surface area contributed by atoms with Crippen molar-refractivity contribution in [2.24, 2.45) is 0 Å². The lowest BCUT2D eigenvalue weighted by Gasteiger charge is -2.38. The van der Waals surface area contributed by atoms with Crippen molar-refractivity contribution in [3.63, 3.8) is 0 Å². The van der Waals surface area contributed by atoms with Crippen LogP contribution in [0.25, 0.3) is 0 Å². The predicted octanol–water partition coefficient (Wildman–Crippen LogP) is 4.48. The first-order valence-electron chi connectivity index (χ1n) is 9.81. The van der Waals surface area contributed by atoms with Crippen molar-refractivity contribution in [2.45, 2.75) is 32.9 Å². The largest absolute Gasteiger partial charge is 0.493 e. The highest BCUT2D eigenvalue weighted by molar-refractivity contribution is 7.84. The van der Waals surface area contributed by atoms with Crippen LogP contribution < -0.4 is 19.7 Å². The SMILES string of the molecule is CCCCOc1ccc(C2NC(=O)C(C#N)=C(S)N2c2cccc(C)c2)cc1OC. The molecule has 1 unspecified atom stereocenters. The summed E-state index contributed by atoms with van der Waals surface area (Å²) in [4.78, 5) is 14.4. The molecule has 6 nitrogen and oxygen atoms in total. The Bertz CT molecular complexity index is 1010. The van der Waals surface area contributed by atoms with Gasteiger partial charge in [0.05, 0.1) is 18.7 Å². The number of nitrogens with one attached hydrogen (secondary N) is 1. The maximum Gasteiger partial charge on any atom is 0.266 e. The first-order valence-corrected chi connectivity index (χ1v) is 10.3. The van der Waals surface area contributed by atoms with Gasteiger partial charge < -0.3 is 19.7 Å². The molecule has 0 saturated carbocycles. The highest BCUT2D eigenvalue weighted by Gasteiger charge is 2.34. The number of nitrogens with zero attached hydrogens (tertiary/aromatic N) is 2. The van der Waals surface area contributed by atoms with E-state index in [1.165, 1.54) is 0 Å². The van der Waals surface area contributed by atoms with E-state index >= 15 is 0 Å². The third kappa shape index (κ3) is 4.39. The van der Waals surface area contributed by atoms with Gasteiger partial charge in [0.1, 0.15) is 17.8 Å². The fourth-order valence-electron chi connectivity index (χ4n) is 3.29. The van der Waals surface area contributed by atoms with Gasteiger partial charge in [0.2, 0.25) is 0 Å². The van der Waals surface area contributed by atoms with Gasteiger partial charge in [0, 0.05) is 5.69 Å². The molecular weight excluding hydrogens is 398 g/mol. The fraction of sp³-hybridized carbons (Fsp3) is 0.304. The Hall–Kier alpha value is -3.11. The van der Waals surface area contributed by atoms with E-state index in [1.54, 1.807) is 7.11 Å². The molecule has 0 spiro atoms. The number of hydrogen-bond acceptors (Lipinski definition) is 6. The zero-order valence-corrected chi connectivity index (χ0v) is 18.2. The molecule has 1 aliphatic heterocycles. The van der Waals surface area contributed by atoms with Crippen LogP contribution in [-0.4, -0.2) is 19.6 Å². The summed E-state index contributed by atoms with van der Waals surface area (Å²) in [6.07, 6.45) is 1.44. The Balaban J connectivity index is 2.05. The van der Waals surface area contributed by atoms with Gasteiger partial charge in [-0.15, -0.1) is 12.6 Å². The van der Waals surface area contributed by atoms with E-state index in [-0.39, 0.29) is 5.57 Å². The second-order valence-corrected chi connectivity index (χ2v) is 7.43. The number of benzene rings is 2. The topological polar surface area (TPSA) is 74.6 Å². The number of methoxy groups -OCH3 is 1. The van der Waals surface area contributed by atoms with Gasteiger partial charge in [-0.3, -0.25) is 4.79 Å². The third-order valence-corrected chi connectivity index (χ3v) is 5.29. The summed E-state index contributed by atoms with van der Waals surface area (Å²) in [5, 5.41) is 12.7. The molecule has 3 rings (SSSR count). The molecule has 156 valence electrons. The van der Waals surface area contributed by atoms with Crippen LogP contribution in [-0.2, 0) is 4.79 Å². The molecule has 1 amide bonds. The maximum absolute atomic E-state index is 12.5. The minimum atomic E-state index is -0.553. The van der Waals surface area contributed by atoms with Gasteiger partial charge in [-0.25, -0.2) is 0 Å². The molecule has 1 heterocycles. The lowest BCUT2D eigenvalue weighted by molar-refractivity contribution is -0.118. The van der Waals surface area contributed by atoms with E-state index in [9.17, 15) is 10.1 Å². The van der Waals surface area contributed by atoms with E-state index in [4.69, 9.17) is 9.47 Å². The smallest absolute Gasteiger partial charge is 0.266 e. The molecule has 2 aromatic rings. The van der Waals surface area contributed by atoms with Gasteiger partial charge in [0.15, 0.2) is 11.5 Å². The number of amides is 1. The highest BCUT2D eigenvalue weighted by atomic mass is 32.1. The number of nitriles is 1. The van der Waals surface area contributed by atoms with Crippen LogP contribution >= 0.6 is 12.6 Å². The first kappa shape index (κ1) is 21.6. The molecule has 7 heteroatoms. The van der Waals surface area contributed by atoms with Crippen molar-refractivity contribution in [3.8, 4) is 17.6 Å². The van der Waals surface area contributed by atoms with Crippen molar-refractivity contribution < 1.29 is 14.3 Å². The summed E-state index contributed by atoms with van der Waals surface area (Å²) in [5.41, 5.74) is 2.63. The minimum Gasteiger partial charge on any atom is -0.493 e. The number of rotatable bonds is 7. The Labute approximate surface area is 182 Å². The zero-order valence-electron chi connectivity index (χ0n) is 17.3. The summed E-state index contributed by atoms with van der Waals surface area (Å²) in [6.45, 7) is 4.70. The number of thiol groups is 1. The van der Waals surface area contributed by atoms with E-state index in [0.29, 0.717) is 23.1 Å². The van der Waals surface area contributed by atoms with Crippen LogP contribution in [0.5, 0.6) is 11.5 Å². The molecule has 0 fully saturated rings. The number of aryl methyl sites for hydroxylation is 1. The molecule has 1 N–H and O–H groups in total. The molecule has 0 saturated heterocycles. The maximum atomic E-state index is 12.5. The van der Waals surface area contributed by atoms with Crippen molar-refractivity contribution >= 4 is 24.2 Å². The number of unbranched alkanes of at least 4 members (excludes halogenated alkanes) is 1. The number of hydrogen-bond donors (Lipinski definition) is 2. The average molecular weight is 424 g/mol. The number of ether oxygens (including phenoxy) is 2. The van der Waals surface area contributed by atoms with Crippen LogP contribution in [0.4, 0.5) is 5.69 Å². The fourth-order valence-corrected chi connectivity index (χ4v) is 3.67. The standard InChI is InChI=1S/C23H25N3O3S/c1-4-5-11-29-19-10-9-16(13-20(19)28-3)21-25-22(27)18(14-24)23(30)26(21)17-8-6-7-15(2)12-17/h6-10,12-13,21,30H,4-5,11H2,1-3H3,(H,25,27). The Morgan fingerprint density at radius 3 is 2.70 bits per heavy atom. The third-order valence-electron chi connectivity index (χ3n) is 4.86. The highest BCUT2D eigenvalue weighted by Crippen LogP contribution is 2.38. The van der Waals surface area contributed by atoms with Gasteiger partial charge in [-0.1, -0.05) is 31.5 Å². The molecule has 1 atom stereocenters. The lowest BCUT2D eigenvalue weighted by atomic mass is 10.1. The minimum absolute atomic E-state index is 0.0254. The van der Waals surface area contributed by atoms with Crippen LogP contribution in [0, 0.1) is 18.3 Å². The predicted molar refractivity (Wildman–Crippen MR) is 120 cm³/mol. The first-order chi connectivity index (χ1) is 14.5. The monoisotopic (exact) mass is 423 g/mol. The summed E-state index contributed by atoms with van der Waals surface area (Å²) in [6, 6.07) is 15.3. The van der Waals surface area contributed by atoms with Crippen molar-refractivity contribution in [3.05, 3.63) is 64.2 Å². The van der Waals surface area contributed by atoms with Crippen molar-refractivity contribution in [2.75, 3.05) is 18.6 Å². The Morgan fingerprint density at radius 2 is 2.03 bits per heavy atom. The van der Waals surface area contributed by atoms with Gasteiger partial charge in [-0.05, 0) is 48.7 Å². The molecule has 0 aromatic heterocycles. The van der Waals surface area contributed by atoms with E-state index < -0.39 is 12.1 Å². The Morgan fingerprint density at radius 1 is 1.23 bits per heavy atom. The van der Waals surface area contributed by atoms with Gasteiger partial charge in [-0.2, -0.15) is 5.26 Å². The molecule has 30 heavy (non-hydrogen) atoms. The normalized spacial score (nSPS) is 16.2. The lowest BCUT2D eigenvalue weighted by Crippen LogP contribution is -2.46. The van der Waals surface area contributed by atoms with E-state index in [2.05, 4.69) is 24.9 Å². The summed E-state index contributed by atoms with van der Waals surface area (Å²) in [7, 11) is 1.58. The van der Waals surface area contributed by atoms with Crippen molar-refractivity contribution in [1.82, 2.24) is 5.32 Å². The number of carbonyl (C=O) groups excluding carboxylic acids is 1. The van der Waals surface area contributed by atoms with Crippen LogP contribution in [0.1, 0.15) is 37.1 Å². The molecular formula is C23H25N3O3S.